The van der Waals surface area contributed by atoms with Gasteiger partial charge in [0.2, 0.25) is 5.91 Å². The second kappa shape index (κ2) is 5.70. The van der Waals surface area contributed by atoms with Crippen LogP contribution in [-0.4, -0.2) is 17.0 Å². The summed E-state index contributed by atoms with van der Waals surface area (Å²) in [4.78, 5) is 11.8. The van der Waals surface area contributed by atoms with Crippen molar-refractivity contribution in [3.05, 3.63) is 24.0 Å². The molecule has 3 N–H and O–H groups in total. The smallest absolute Gasteiger partial charge is 0.224 e. The summed E-state index contributed by atoms with van der Waals surface area (Å²) in [5.74, 6) is 0.228. The van der Waals surface area contributed by atoms with Crippen molar-refractivity contribution in [1.29, 1.82) is 0 Å². The molecule has 1 atom stereocenters. The van der Waals surface area contributed by atoms with E-state index in [1.807, 2.05) is 43.9 Å². The van der Waals surface area contributed by atoms with Gasteiger partial charge in [0.25, 0.3) is 0 Å². The fourth-order valence-electron chi connectivity index (χ4n) is 1.67. The number of nitrogens with two attached hydrogens (primary N) is 1. The van der Waals surface area contributed by atoms with Gasteiger partial charge < -0.3 is 15.6 Å². The Morgan fingerprint density at radius 2 is 2.25 bits per heavy atom. The van der Waals surface area contributed by atoms with Crippen molar-refractivity contribution in [3.63, 3.8) is 0 Å². The molecule has 0 saturated heterocycles. The predicted octanol–water partition coefficient (Wildman–Crippen LogP) is 0.872. The number of nitrogens with one attached hydrogen (secondary N) is 1. The molecule has 1 aromatic rings. The maximum atomic E-state index is 11.8. The highest BCUT2D eigenvalue weighted by atomic mass is 16.1. The minimum absolute atomic E-state index is 0.0429. The number of carbonyl (C=O) groups is 1. The van der Waals surface area contributed by atoms with E-state index >= 15 is 0 Å². The third-order valence-electron chi connectivity index (χ3n) is 2.76. The zero-order valence-corrected chi connectivity index (χ0v) is 10.2. The number of nitrogens with zero attached hydrogens (tertiary/aromatic N) is 1. The molecule has 1 heterocycles. The zero-order chi connectivity index (χ0) is 12.1. The maximum Gasteiger partial charge on any atom is 0.224 e. The van der Waals surface area contributed by atoms with Crippen LogP contribution >= 0.6 is 0 Å². The highest BCUT2D eigenvalue weighted by molar-refractivity contribution is 5.79. The zero-order valence-electron chi connectivity index (χ0n) is 10.2. The van der Waals surface area contributed by atoms with Gasteiger partial charge in [-0.05, 0) is 17.5 Å². The Kier molecular flexibility index (Phi) is 4.55. The Bertz CT molecular complexity index is 344. The van der Waals surface area contributed by atoms with Crippen LogP contribution in [0.25, 0.3) is 0 Å². The topological polar surface area (TPSA) is 60.1 Å². The fraction of sp³-hybridized carbons (Fsp3) is 0.583. The molecule has 0 aliphatic heterocycles. The van der Waals surface area contributed by atoms with Gasteiger partial charge in [-0.1, -0.05) is 13.8 Å². The first-order valence-corrected chi connectivity index (χ1v) is 5.63. The molecular weight excluding hydrogens is 202 g/mol. The summed E-state index contributed by atoms with van der Waals surface area (Å²) in [6.45, 7) is 5.00. The van der Waals surface area contributed by atoms with Gasteiger partial charge in [-0.2, -0.15) is 0 Å². The van der Waals surface area contributed by atoms with Crippen LogP contribution in [0.5, 0.6) is 0 Å². The molecule has 0 bridgehead atoms. The van der Waals surface area contributed by atoms with Crippen molar-refractivity contribution < 1.29 is 4.79 Å². The number of amides is 1. The first-order chi connectivity index (χ1) is 7.54. The number of hydrogen-bond donors (Lipinski definition) is 2. The Hall–Kier alpha value is -1.29. The number of rotatable bonds is 5. The molecule has 0 aliphatic rings. The average Bonchev–Trinajstić information content (AvgIpc) is 2.62. The largest absolute Gasteiger partial charge is 0.357 e. The van der Waals surface area contributed by atoms with Crippen molar-refractivity contribution in [1.82, 2.24) is 9.88 Å². The average molecular weight is 223 g/mol. The van der Waals surface area contributed by atoms with Crippen molar-refractivity contribution >= 4 is 5.91 Å². The molecule has 16 heavy (non-hydrogen) atoms. The quantitative estimate of drug-likeness (QED) is 0.778. The molecule has 0 saturated carbocycles. The molecular formula is C12H21N3O. The van der Waals surface area contributed by atoms with E-state index in [0.29, 0.717) is 13.1 Å². The summed E-state index contributed by atoms with van der Waals surface area (Å²) in [6.07, 6.45) is 3.96. The summed E-state index contributed by atoms with van der Waals surface area (Å²) in [5, 5.41) is 2.91. The summed E-state index contributed by atoms with van der Waals surface area (Å²) in [5.41, 5.74) is 6.69. The lowest BCUT2D eigenvalue weighted by Crippen LogP contribution is -2.37. The Morgan fingerprint density at radius 1 is 1.56 bits per heavy atom. The lowest BCUT2D eigenvalue weighted by atomic mass is 9.95. The van der Waals surface area contributed by atoms with Crippen LogP contribution in [-0.2, 0) is 18.4 Å². The normalized spacial score (nSPS) is 12.8. The van der Waals surface area contributed by atoms with E-state index in [2.05, 4.69) is 5.32 Å². The monoisotopic (exact) mass is 223 g/mol. The summed E-state index contributed by atoms with van der Waals surface area (Å²) in [6, 6.07) is 1.99. The van der Waals surface area contributed by atoms with Gasteiger partial charge >= 0.3 is 0 Å². The molecule has 0 spiro atoms. The van der Waals surface area contributed by atoms with Crippen molar-refractivity contribution in [2.24, 2.45) is 24.6 Å². The van der Waals surface area contributed by atoms with Gasteiger partial charge in [0.15, 0.2) is 0 Å². The van der Waals surface area contributed by atoms with Crippen molar-refractivity contribution in [2.75, 3.05) is 6.54 Å². The van der Waals surface area contributed by atoms with Crippen LogP contribution in [0.4, 0.5) is 0 Å². The van der Waals surface area contributed by atoms with Gasteiger partial charge in [0.05, 0.1) is 5.92 Å². The lowest BCUT2D eigenvalue weighted by molar-refractivity contribution is -0.126. The number of aromatic nitrogens is 1. The van der Waals surface area contributed by atoms with Crippen LogP contribution < -0.4 is 11.1 Å². The molecule has 0 aliphatic carbocycles. The molecule has 0 fully saturated rings. The van der Waals surface area contributed by atoms with E-state index in [1.54, 1.807) is 0 Å². The first kappa shape index (κ1) is 12.8. The minimum Gasteiger partial charge on any atom is -0.357 e. The second-order valence-corrected chi connectivity index (χ2v) is 4.49. The van der Waals surface area contributed by atoms with Gasteiger partial charge in [-0.3, -0.25) is 4.79 Å². The first-order valence-electron chi connectivity index (χ1n) is 5.63. The van der Waals surface area contributed by atoms with Gasteiger partial charge in [-0.25, -0.2) is 0 Å². The summed E-state index contributed by atoms with van der Waals surface area (Å²) < 4.78 is 1.96. The predicted molar refractivity (Wildman–Crippen MR) is 64.6 cm³/mol. The van der Waals surface area contributed by atoms with Crippen LogP contribution in [0.1, 0.15) is 19.4 Å². The van der Waals surface area contributed by atoms with Crippen LogP contribution in [0.15, 0.2) is 18.5 Å². The Balaban J connectivity index is 2.45. The van der Waals surface area contributed by atoms with Crippen LogP contribution in [0, 0.1) is 11.8 Å². The number of aryl methyl sites for hydroxylation is 1. The second-order valence-electron chi connectivity index (χ2n) is 4.49. The van der Waals surface area contributed by atoms with Crippen LogP contribution in [0.2, 0.25) is 0 Å². The van der Waals surface area contributed by atoms with Gasteiger partial charge in [0, 0.05) is 32.5 Å². The number of hydrogen-bond acceptors (Lipinski definition) is 2. The van der Waals surface area contributed by atoms with Gasteiger partial charge in [-0.15, -0.1) is 0 Å². The van der Waals surface area contributed by atoms with E-state index in [9.17, 15) is 4.79 Å². The lowest BCUT2D eigenvalue weighted by Gasteiger charge is -2.17. The van der Waals surface area contributed by atoms with E-state index < -0.39 is 0 Å². The Labute approximate surface area is 96.8 Å². The number of carbonyl (C=O) groups excluding carboxylic acids is 1. The van der Waals surface area contributed by atoms with E-state index in [0.717, 1.165) is 5.56 Å². The highest BCUT2D eigenvalue weighted by Crippen LogP contribution is 2.09. The SMILES string of the molecule is CC(C)C(CN)C(=O)NCc1ccn(C)c1. The Morgan fingerprint density at radius 3 is 2.69 bits per heavy atom. The van der Waals surface area contributed by atoms with E-state index in [4.69, 9.17) is 5.73 Å². The molecule has 1 amide bonds. The third-order valence-corrected chi connectivity index (χ3v) is 2.76. The van der Waals surface area contributed by atoms with Crippen LogP contribution in [0.3, 0.4) is 0 Å². The molecule has 1 unspecified atom stereocenters. The maximum absolute atomic E-state index is 11.8. The summed E-state index contributed by atoms with van der Waals surface area (Å²) >= 11 is 0. The van der Waals surface area contributed by atoms with Crippen molar-refractivity contribution in [3.8, 4) is 0 Å². The van der Waals surface area contributed by atoms with Gasteiger partial charge in [0.1, 0.15) is 0 Å². The van der Waals surface area contributed by atoms with Crippen molar-refractivity contribution in [2.45, 2.75) is 20.4 Å². The van der Waals surface area contributed by atoms with E-state index in [-0.39, 0.29) is 17.7 Å². The minimum atomic E-state index is -0.0938. The highest BCUT2D eigenvalue weighted by Gasteiger charge is 2.19. The molecule has 4 nitrogen and oxygen atoms in total. The van der Waals surface area contributed by atoms with E-state index in [1.165, 1.54) is 0 Å². The fourth-order valence-corrected chi connectivity index (χ4v) is 1.67. The molecule has 4 heteroatoms. The molecule has 1 aromatic heterocycles. The standard InChI is InChI=1S/C12H21N3O/c1-9(2)11(6-13)12(16)14-7-10-4-5-15(3)8-10/h4-5,8-9,11H,6-7,13H2,1-3H3,(H,14,16). The third kappa shape index (κ3) is 3.38. The molecule has 0 radical (unpaired) electrons. The molecule has 1 rings (SSSR count). The summed E-state index contributed by atoms with van der Waals surface area (Å²) in [7, 11) is 1.96. The molecule has 0 aromatic carbocycles. The molecule has 90 valence electrons.